The predicted octanol–water partition coefficient (Wildman–Crippen LogP) is 6.55. The number of anilines is 1. The Bertz CT molecular complexity index is 965. The molecule has 1 amide bonds. The number of aromatic nitrogens is 1. The molecule has 31 heavy (non-hydrogen) atoms. The zero-order valence-electron chi connectivity index (χ0n) is 18.4. The predicted molar refractivity (Wildman–Crippen MR) is 126 cm³/mol. The fourth-order valence-electron chi connectivity index (χ4n) is 3.05. The van der Waals surface area contributed by atoms with Gasteiger partial charge in [0.2, 0.25) is 0 Å². The van der Waals surface area contributed by atoms with Crippen LogP contribution in [-0.4, -0.2) is 17.5 Å². The summed E-state index contributed by atoms with van der Waals surface area (Å²) in [6.07, 6.45) is 4.71. The minimum atomic E-state index is -0.162. The molecule has 1 heterocycles. The molecule has 3 rings (SSSR count). The zero-order valence-corrected chi connectivity index (χ0v) is 19.3. The molecule has 1 N–H and O–H groups in total. The summed E-state index contributed by atoms with van der Waals surface area (Å²) in [6.45, 7) is 7.14. The van der Waals surface area contributed by atoms with E-state index in [1.165, 1.54) is 36.2 Å². The molecule has 5 nitrogen and oxygen atoms in total. The molecule has 0 saturated carbocycles. The molecular weight excluding hydrogens is 408 g/mol. The first-order chi connectivity index (χ1) is 15.0. The number of hydrogen-bond acceptors (Lipinski definition) is 5. The molecule has 0 radical (unpaired) electrons. The molecule has 0 aliphatic carbocycles. The van der Waals surface area contributed by atoms with Crippen molar-refractivity contribution in [3.8, 4) is 11.5 Å². The maximum Gasteiger partial charge on any atom is 0.267 e. The zero-order chi connectivity index (χ0) is 22.1. The second kappa shape index (κ2) is 11.5. The van der Waals surface area contributed by atoms with Crippen LogP contribution in [0.2, 0.25) is 0 Å². The summed E-state index contributed by atoms with van der Waals surface area (Å²) in [4.78, 5) is 17.8. The van der Waals surface area contributed by atoms with E-state index in [-0.39, 0.29) is 5.91 Å². The van der Waals surface area contributed by atoms with Crippen molar-refractivity contribution in [2.24, 2.45) is 0 Å². The first-order valence-electron chi connectivity index (χ1n) is 10.7. The van der Waals surface area contributed by atoms with Crippen molar-refractivity contribution in [2.45, 2.75) is 53.1 Å². The molecule has 164 valence electrons. The lowest BCUT2D eigenvalue weighted by Crippen LogP contribution is -2.11. The number of benzene rings is 2. The van der Waals surface area contributed by atoms with Gasteiger partial charge in [-0.2, -0.15) is 0 Å². The monoisotopic (exact) mass is 438 g/mol. The number of hydrogen-bond donors (Lipinski definition) is 1. The quantitative estimate of drug-likeness (QED) is 0.345. The molecule has 2 aromatic carbocycles. The molecule has 0 fully saturated rings. The number of ether oxygens (including phenoxy) is 2. The van der Waals surface area contributed by atoms with E-state index in [0.29, 0.717) is 17.2 Å². The van der Waals surface area contributed by atoms with Gasteiger partial charge in [-0.15, -0.1) is 11.3 Å². The summed E-state index contributed by atoms with van der Waals surface area (Å²) in [5.74, 6) is 1.45. The first-order valence-corrected chi connectivity index (χ1v) is 11.6. The fourth-order valence-corrected chi connectivity index (χ4v) is 3.92. The summed E-state index contributed by atoms with van der Waals surface area (Å²) in [5.41, 5.74) is 2.62. The van der Waals surface area contributed by atoms with Gasteiger partial charge >= 0.3 is 0 Å². The largest absolute Gasteiger partial charge is 0.494 e. The van der Waals surface area contributed by atoms with Gasteiger partial charge in [-0.25, -0.2) is 4.98 Å². The van der Waals surface area contributed by atoms with Gasteiger partial charge in [-0.05, 0) is 56.7 Å². The Labute approximate surface area is 188 Å². The minimum absolute atomic E-state index is 0.162. The van der Waals surface area contributed by atoms with E-state index in [1.807, 2.05) is 62.4 Å². The van der Waals surface area contributed by atoms with Crippen LogP contribution in [0.5, 0.6) is 11.5 Å². The SMILES string of the molecule is CCCCCCOc1ccc(NC(=O)c2sc(COc3ccc(C)cc3)nc2C)cc1. The Morgan fingerprint density at radius 2 is 1.61 bits per heavy atom. The average Bonchev–Trinajstić information content (AvgIpc) is 3.15. The maximum atomic E-state index is 12.7. The van der Waals surface area contributed by atoms with Crippen LogP contribution in [0, 0.1) is 13.8 Å². The van der Waals surface area contributed by atoms with Crippen molar-refractivity contribution >= 4 is 22.9 Å². The normalized spacial score (nSPS) is 10.7. The topological polar surface area (TPSA) is 60.5 Å². The number of amides is 1. The van der Waals surface area contributed by atoms with Gasteiger partial charge < -0.3 is 14.8 Å². The molecule has 0 spiro atoms. The van der Waals surface area contributed by atoms with E-state index in [1.54, 1.807) is 0 Å². The summed E-state index contributed by atoms with van der Waals surface area (Å²) in [7, 11) is 0. The van der Waals surface area contributed by atoms with Crippen LogP contribution in [-0.2, 0) is 6.61 Å². The summed E-state index contributed by atoms with van der Waals surface area (Å²) < 4.78 is 11.5. The van der Waals surface area contributed by atoms with Gasteiger partial charge in [0.15, 0.2) is 0 Å². The van der Waals surface area contributed by atoms with Crippen molar-refractivity contribution < 1.29 is 14.3 Å². The number of thiazole rings is 1. The van der Waals surface area contributed by atoms with Crippen LogP contribution < -0.4 is 14.8 Å². The molecule has 3 aromatic rings. The third-order valence-corrected chi connectivity index (χ3v) is 5.94. The van der Waals surface area contributed by atoms with Crippen molar-refractivity contribution in [2.75, 3.05) is 11.9 Å². The van der Waals surface area contributed by atoms with E-state index < -0.39 is 0 Å². The van der Waals surface area contributed by atoms with E-state index >= 15 is 0 Å². The smallest absolute Gasteiger partial charge is 0.267 e. The van der Waals surface area contributed by atoms with Gasteiger partial charge in [-0.1, -0.05) is 43.9 Å². The number of nitrogens with zero attached hydrogens (tertiary/aromatic N) is 1. The van der Waals surface area contributed by atoms with E-state index in [9.17, 15) is 4.79 Å². The highest BCUT2D eigenvalue weighted by Crippen LogP contribution is 2.23. The van der Waals surface area contributed by atoms with Crippen molar-refractivity contribution in [1.82, 2.24) is 4.98 Å². The van der Waals surface area contributed by atoms with Crippen LogP contribution in [0.3, 0.4) is 0 Å². The van der Waals surface area contributed by atoms with E-state index in [4.69, 9.17) is 9.47 Å². The van der Waals surface area contributed by atoms with Crippen molar-refractivity contribution in [1.29, 1.82) is 0 Å². The molecule has 1 aromatic heterocycles. The van der Waals surface area contributed by atoms with Gasteiger partial charge in [-0.3, -0.25) is 4.79 Å². The highest BCUT2D eigenvalue weighted by molar-refractivity contribution is 7.13. The van der Waals surface area contributed by atoms with Gasteiger partial charge in [0, 0.05) is 5.69 Å². The molecule has 0 saturated heterocycles. The second-order valence-electron chi connectivity index (χ2n) is 7.51. The van der Waals surface area contributed by atoms with Crippen LogP contribution in [0.4, 0.5) is 5.69 Å². The Morgan fingerprint density at radius 3 is 2.32 bits per heavy atom. The Balaban J connectivity index is 1.51. The molecule has 0 aliphatic rings. The van der Waals surface area contributed by atoms with Crippen LogP contribution in [0.25, 0.3) is 0 Å². The van der Waals surface area contributed by atoms with Gasteiger partial charge in [0.25, 0.3) is 5.91 Å². The van der Waals surface area contributed by atoms with Crippen LogP contribution >= 0.6 is 11.3 Å². The fraction of sp³-hybridized carbons (Fsp3) is 0.360. The Kier molecular flexibility index (Phi) is 8.47. The number of unbranched alkanes of at least 4 members (excludes halogenated alkanes) is 3. The van der Waals surface area contributed by atoms with Crippen LogP contribution in [0.1, 0.15) is 58.5 Å². The lowest BCUT2D eigenvalue weighted by Gasteiger charge is -2.08. The third-order valence-electron chi connectivity index (χ3n) is 4.81. The minimum Gasteiger partial charge on any atom is -0.494 e. The second-order valence-corrected chi connectivity index (χ2v) is 8.60. The Morgan fingerprint density at radius 1 is 0.935 bits per heavy atom. The lowest BCUT2D eigenvalue weighted by atomic mass is 10.2. The molecule has 0 aliphatic heterocycles. The molecule has 0 atom stereocenters. The van der Waals surface area contributed by atoms with Gasteiger partial charge in [0.1, 0.15) is 28.0 Å². The number of nitrogens with one attached hydrogen (secondary N) is 1. The third kappa shape index (κ3) is 7.10. The maximum absolute atomic E-state index is 12.7. The van der Waals surface area contributed by atoms with Crippen molar-refractivity contribution in [3.63, 3.8) is 0 Å². The summed E-state index contributed by atoms with van der Waals surface area (Å²) >= 11 is 1.36. The molecule has 0 bridgehead atoms. The number of aryl methyl sites for hydroxylation is 2. The molecule has 0 unspecified atom stereocenters. The first kappa shape index (κ1) is 22.8. The number of carbonyl (C=O) groups is 1. The molecular formula is C25H30N2O3S. The van der Waals surface area contributed by atoms with Gasteiger partial charge in [0.05, 0.1) is 12.3 Å². The standard InChI is InChI=1S/C25H30N2O3S/c1-4-5-6-7-16-29-21-14-10-20(11-15-21)27-25(28)24-19(3)26-23(31-24)17-30-22-12-8-18(2)9-13-22/h8-15H,4-7,16-17H2,1-3H3,(H,27,28). The summed E-state index contributed by atoms with van der Waals surface area (Å²) in [5, 5.41) is 3.71. The molecule has 6 heteroatoms. The number of rotatable bonds is 11. The lowest BCUT2D eigenvalue weighted by molar-refractivity contribution is 0.103. The number of carbonyl (C=O) groups excluding carboxylic acids is 1. The van der Waals surface area contributed by atoms with E-state index in [0.717, 1.165) is 35.2 Å². The van der Waals surface area contributed by atoms with Crippen LogP contribution in [0.15, 0.2) is 48.5 Å². The summed E-state index contributed by atoms with van der Waals surface area (Å²) in [6, 6.07) is 15.4. The average molecular weight is 439 g/mol. The highest BCUT2D eigenvalue weighted by Gasteiger charge is 2.16. The Hall–Kier alpha value is -2.86. The highest BCUT2D eigenvalue weighted by atomic mass is 32.1. The van der Waals surface area contributed by atoms with E-state index in [2.05, 4.69) is 17.2 Å². The van der Waals surface area contributed by atoms with Crippen molar-refractivity contribution in [3.05, 3.63) is 69.7 Å².